The van der Waals surface area contributed by atoms with E-state index in [2.05, 4.69) is 47.6 Å². The largest absolute Gasteiger partial charge is 0.459 e. The lowest BCUT2D eigenvalue weighted by molar-refractivity contribution is -0.289. The van der Waals surface area contributed by atoms with Gasteiger partial charge in [0, 0.05) is 18.3 Å². The summed E-state index contributed by atoms with van der Waals surface area (Å²) in [6, 6.07) is 18.1. The lowest BCUT2D eigenvalue weighted by atomic mass is 9.47. The number of hydrogen-bond donors (Lipinski definition) is 0. The van der Waals surface area contributed by atoms with Crippen LogP contribution in [0.4, 0.5) is 0 Å². The van der Waals surface area contributed by atoms with Gasteiger partial charge < -0.3 is 28.4 Å². The summed E-state index contributed by atoms with van der Waals surface area (Å²) in [6.07, 6.45) is 10.9. The molecule has 3 aliphatic heterocycles. The Hall–Kier alpha value is -3.04. The molecule has 9 rings (SSSR count). The standard InChI is InChI=1S/C49H64O8/c1-29-19-24-49(53-27-29)32(4)42-40(57-49)26-39-37-18-17-35-25-36(20-22-47(35,5)38(37)21-23-48(39,42)6)54-46-43(56-45(51)34-15-11-8-12-16-34)31(3)30(2)41(55-46)28-52-44(50)33-13-9-7-10-14-33/h7-17,29-32,36-43,46H,18-28H2,1-6H3/t29-,30+,31+,32+,36+,37-,38+,39+,40+,41?,42+,43?,46-,47+,48+,49-/m1/s1. The zero-order chi connectivity index (χ0) is 39.7. The first-order chi connectivity index (χ1) is 27.4. The van der Waals surface area contributed by atoms with Gasteiger partial charge in [0.2, 0.25) is 0 Å². The van der Waals surface area contributed by atoms with E-state index >= 15 is 0 Å². The van der Waals surface area contributed by atoms with Crippen molar-refractivity contribution in [2.75, 3.05) is 13.2 Å². The highest BCUT2D eigenvalue weighted by Crippen LogP contribution is 2.70. The fourth-order valence-corrected chi connectivity index (χ4v) is 13.3. The summed E-state index contributed by atoms with van der Waals surface area (Å²) in [6.45, 7) is 15.0. The molecule has 2 aromatic rings. The van der Waals surface area contributed by atoms with Crippen molar-refractivity contribution in [3.63, 3.8) is 0 Å². The summed E-state index contributed by atoms with van der Waals surface area (Å²) in [5.74, 6) is 2.30. The molecule has 8 nitrogen and oxygen atoms in total. The predicted octanol–water partition coefficient (Wildman–Crippen LogP) is 9.82. The smallest absolute Gasteiger partial charge is 0.338 e. The Kier molecular flexibility index (Phi) is 10.5. The Morgan fingerprint density at radius 1 is 0.825 bits per heavy atom. The van der Waals surface area contributed by atoms with Crippen LogP contribution in [-0.2, 0) is 28.4 Å². The van der Waals surface area contributed by atoms with Crippen LogP contribution < -0.4 is 0 Å². The molecule has 0 radical (unpaired) electrons. The van der Waals surface area contributed by atoms with Crippen LogP contribution in [0.15, 0.2) is 72.3 Å². The van der Waals surface area contributed by atoms with Gasteiger partial charge in [-0.05, 0) is 122 Å². The zero-order valence-corrected chi connectivity index (χ0v) is 34.9. The quantitative estimate of drug-likeness (QED) is 0.203. The SMILES string of the molecule is C[C@@H]1CC[C@@]2(OC1)O[C@H]1C[C@H]3[C@@H]4CC=C5C[C@@H](O[C@@H]6OC(COC(=O)c7ccccc7)[C@@H](C)[C@H](C)C6OC(=O)c6ccccc6)CC[C@]5(C)[C@H]4CC[C@]3(C)[C@H]1[C@@H]2C. The molecule has 0 aromatic heterocycles. The second kappa shape index (κ2) is 15.2. The molecule has 8 heteroatoms. The molecule has 7 aliphatic rings. The molecule has 0 N–H and O–H groups in total. The number of ether oxygens (including phenoxy) is 6. The van der Waals surface area contributed by atoms with Crippen molar-refractivity contribution < 1.29 is 38.0 Å². The van der Waals surface area contributed by atoms with Crippen molar-refractivity contribution in [3.8, 4) is 0 Å². The molecule has 6 fully saturated rings. The van der Waals surface area contributed by atoms with E-state index in [9.17, 15) is 9.59 Å². The lowest BCUT2D eigenvalue weighted by Crippen LogP contribution is -2.55. The average Bonchev–Trinajstić information content (AvgIpc) is 3.67. The molecule has 1 spiro atoms. The van der Waals surface area contributed by atoms with Gasteiger partial charge in [0.15, 0.2) is 18.2 Å². The van der Waals surface area contributed by atoms with Gasteiger partial charge >= 0.3 is 11.9 Å². The van der Waals surface area contributed by atoms with Gasteiger partial charge in [-0.25, -0.2) is 9.59 Å². The van der Waals surface area contributed by atoms with Gasteiger partial charge in [0.1, 0.15) is 6.61 Å². The van der Waals surface area contributed by atoms with Gasteiger partial charge in [-0.15, -0.1) is 0 Å². The van der Waals surface area contributed by atoms with Crippen molar-refractivity contribution in [1.29, 1.82) is 0 Å². The summed E-state index contributed by atoms with van der Waals surface area (Å²) >= 11 is 0. The van der Waals surface area contributed by atoms with Gasteiger partial charge in [-0.3, -0.25) is 0 Å². The topological polar surface area (TPSA) is 89.5 Å². The van der Waals surface area contributed by atoms with Crippen LogP contribution in [0.5, 0.6) is 0 Å². The predicted molar refractivity (Wildman–Crippen MR) is 216 cm³/mol. The number of allylic oxidation sites excluding steroid dienone is 1. The maximum Gasteiger partial charge on any atom is 0.338 e. The minimum Gasteiger partial charge on any atom is -0.459 e. The number of carbonyl (C=O) groups is 2. The minimum atomic E-state index is -0.787. The third-order valence-corrected chi connectivity index (χ3v) is 16.8. The Balaban J connectivity index is 0.900. The first-order valence-electron chi connectivity index (χ1n) is 22.2. The highest BCUT2D eigenvalue weighted by atomic mass is 16.7. The van der Waals surface area contributed by atoms with E-state index in [1.807, 2.05) is 36.4 Å². The zero-order valence-electron chi connectivity index (χ0n) is 34.9. The summed E-state index contributed by atoms with van der Waals surface area (Å²) in [7, 11) is 0. The fraction of sp³-hybridized carbons (Fsp3) is 0.673. The highest BCUT2D eigenvalue weighted by molar-refractivity contribution is 5.89. The average molecular weight is 781 g/mol. The molecule has 4 aliphatic carbocycles. The van der Waals surface area contributed by atoms with E-state index in [4.69, 9.17) is 28.4 Å². The first-order valence-corrected chi connectivity index (χ1v) is 22.2. The third-order valence-electron chi connectivity index (χ3n) is 16.8. The van der Waals surface area contributed by atoms with E-state index in [1.54, 1.807) is 24.3 Å². The van der Waals surface area contributed by atoms with E-state index in [0.29, 0.717) is 52.7 Å². The van der Waals surface area contributed by atoms with Crippen LogP contribution in [0.25, 0.3) is 0 Å². The number of carbonyl (C=O) groups excluding carboxylic acids is 2. The molecule has 0 bridgehead atoms. The van der Waals surface area contributed by atoms with Crippen LogP contribution in [0.1, 0.15) is 120 Å². The highest BCUT2D eigenvalue weighted by Gasteiger charge is 2.68. The maximum absolute atomic E-state index is 13.5. The minimum absolute atomic E-state index is 0.0560. The van der Waals surface area contributed by atoms with Gasteiger partial charge in [0.25, 0.3) is 0 Å². The van der Waals surface area contributed by atoms with Crippen molar-refractivity contribution in [2.24, 2.45) is 58.2 Å². The molecular formula is C49H64O8. The molecule has 3 heterocycles. The van der Waals surface area contributed by atoms with Crippen LogP contribution in [0, 0.1) is 58.2 Å². The number of fused-ring (bicyclic) bond motifs is 7. The Bertz CT molecular complexity index is 1800. The Morgan fingerprint density at radius 2 is 1.54 bits per heavy atom. The number of esters is 2. The fourth-order valence-electron chi connectivity index (χ4n) is 13.3. The second-order valence-electron chi connectivity index (χ2n) is 19.7. The molecule has 2 aromatic carbocycles. The van der Waals surface area contributed by atoms with E-state index in [1.165, 1.54) is 31.3 Å². The van der Waals surface area contributed by atoms with Crippen LogP contribution in [0.2, 0.25) is 0 Å². The van der Waals surface area contributed by atoms with Crippen molar-refractivity contribution >= 4 is 11.9 Å². The number of hydrogen-bond acceptors (Lipinski definition) is 8. The monoisotopic (exact) mass is 780 g/mol. The lowest BCUT2D eigenvalue weighted by Gasteiger charge is -2.58. The molecule has 308 valence electrons. The summed E-state index contributed by atoms with van der Waals surface area (Å²) in [5, 5.41) is 0. The molecule has 3 saturated carbocycles. The molecule has 16 atom stereocenters. The summed E-state index contributed by atoms with van der Waals surface area (Å²) in [5.41, 5.74) is 2.95. The third kappa shape index (κ3) is 6.82. The van der Waals surface area contributed by atoms with Crippen molar-refractivity contribution in [1.82, 2.24) is 0 Å². The second-order valence-corrected chi connectivity index (χ2v) is 19.7. The van der Waals surface area contributed by atoms with Crippen molar-refractivity contribution in [2.45, 2.75) is 136 Å². The Morgan fingerprint density at radius 3 is 2.25 bits per heavy atom. The van der Waals surface area contributed by atoms with Crippen LogP contribution in [-0.4, -0.2) is 61.6 Å². The van der Waals surface area contributed by atoms with E-state index in [-0.39, 0.29) is 53.1 Å². The first kappa shape index (κ1) is 39.4. The van der Waals surface area contributed by atoms with E-state index in [0.717, 1.165) is 38.7 Å². The number of rotatable bonds is 7. The summed E-state index contributed by atoms with van der Waals surface area (Å²) < 4.78 is 39.3. The molecule has 57 heavy (non-hydrogen) atoms. The summed E-state index contributed by atoms with van der Waals surface area (Å²) in [4.78, 5) is 26.4. The normalized spacial score (nSPS) is 44.9. The van der Waals surface area contributed by atoms with Gasteiger partial charge in [-0.1, -0.05) is 89.6 Å². The molecule has 0 amide bonds. The van der Waals surface area contributed by atoms with Gasteiger partial charge in [0.05, 0.1) is 36.0 Å². The van der Waals surface area contributed by atoms with Gasteiger partial charge in [-0.2, -0.15) is 0 Å². The van der Waals surface area contributed by atoms with Crippen molar-refractivity contribution in [3.05, 3.63) is 83.4 Å². The maximum atomic E-state index is 13.5. The van der Waals surface area contributed by atoms with Crippen LogP contribution in [0.3, 0.4) is 0 Å². The molecule has 3 saturated heterocycles. The Labute approximate surface area is 339 Å². The van der Waals surface area contributed by atoms with Crippen LogP contribution >= 0.6 is 0 Å². The van der Waals surface area contributed by atoms with E-state index < -0.39 is 18.5 Å². The molecular weight excluding hydrogens is 717 g/mol. The molecule has 2 unspecified atom stereocenters. The number of benzene rings is 2.